The van der Waals surface area contributed by atoms with Gasteiger partial charge in [0, 0.05) is 25.2 Å². The molecule has 0 radical (unpaired) electrons. The van der Waals surface area contributed by atoms with Crippen molar-refractivity contribution in [2.75, 3.05) is 19.6 Å². The number of nitrogens with one attached hydrogen (secondary N) is 2. The van der Waals surface area contributed by atoms with Crippen LogP contribution in [0.25, 0.3) is 0 Å². The lowest BCUT2D eigenvalue weighted by molar-refractivity contribution is -0.384. The van der Waals surface area contributed by atoms with Crippen molar-refractivity contribution in [1.29, 1.82) is 0 Å². The van der Waals surface area contributed by atoms with Gasteiger partial charge in [-0.05, 0) is 25.5 Å². The van der Waals surface area contributed by atoms with Crippen molar-refractivity contribution in [2.24, 2.45) is 0 Å². The molecule has 0 aliphatic carbocycles. The van der Waals surface area contributed by atoms with Crippen LogP contribution in [-0.4, -0.2) is 30.5 Å². The largest absolute Gasteiger partial charge is 0.352 e. The zero-order chi connectivity index (χ0) is 15.2. The maximum atomic E-state index is 13.6. The lowest BCUT2D eigenvalue weighted by Gasteiger charge is -2.14. The molecule has 0 aromatic heterocycles. The summed E-state index contributed by atoms with van der Waals surface area (Å²) in [6.07, 6.45) is 3.70. The smallest absolute Gasteiger partial charge is 0.270 e. The van der Waals surface area contributed by atoms with Gasteiger partial charge in [-0.1, -0.05) is 11.6 Å². The van der Waals surface area contributed by atoms with Crippen LogP contribution in [0.2, 0.25) is 0 Å². The monoisotopic (exact) mass is 293 g/mol. The number of rotatable bonds is 5. The van der Waals surface area contributed by atoms with Gasteiger partial charge in [-0.2, -0.15) is 0 Å². The summed E-state index contributed by atoms with van der Waals surface area (Å²) in [5, 5.41) is 16.4. The highest BCUT2D eigenvalue weighted by Crippen LogP contribution is 2.17. The second-order valence-corrected chi connectivity index (χ2v) is 4.74. The number of nitro benzene ring substituents is 1. The van der Waals surface area contributed by atoms with Gasteiger partial charge >= 0.3 is 0 Å². The first-order chi connectivity index (χ1) is 10.1. The molecule has 0 bridgehead atoms. The molecule has 1 amide bonds. The molecular weight excluding hydrogens is 277 g/mol. The van der Waals surface area contributed by atoms with Gasteiger partial charge in [0.05, 0.1) is 10.5 Å². The minimum atomic E-state index is -0.765. The summed E-state index contributed by atoms with van der Waals surface area (Å²) >= 11 is 0. The van der Waals surface area contributed by atoms with E-state index in [0.717, 1.165) is 37.7 Å². The average Bonchev–Trinajstić information content (AvgIpc) is 2.48. The van der Waals surface area contributed by atoms with Gasteiger partial charge in [-0.3, -0.25) is 14.9 Å². The highest BCUT2D eigenvalue weighted by atomic mass is 19.1. The third-order valence-corrected chi connectivity index (χ3v) is 3.30. The molecule has 2 N–H and O–H groups in total. The molecule has 0 atom stereocenters. The number of non-ortho nitro benzene ring substituents is 1. The third kappa shape index (κ3) is 4.09. The SMILES string of the molecule is O=C(NCCC1=CCNCC1)c1cc([N+](=O)[O-])ccc1F. The van der Waals surface area contributed by atoms with Crippen LogP contribution < -0.4 is 10.6 Å². The number of benzene rings is 1. The fraction of sp³-hybridized carbons (Fsp3) is 0.357. The summed E-state index contributed by atoms with van der Waals surface area (Å²) in [5.74, 6) is -1.40. The summed E-state index contributed by atoms with van der Waals surface area (Å²) in [4.78, 5) is 21.9. The van der Waals surface area contributed by atoms with Gasteiger partial charge < -0.3 is 10.6 Å². The molecule has 7 heteroatoms. The number of nitrogens with zero attached hydrogens (tertiary/aromatic N) is 1. The van der Waals surface area contributed by atoms with E-state index >= 15 is 0 Å². The van der Waals surface area contributed by atoms with Crippen LogP contribution in [-0.2, 0) is 0 Å². The summed E-state index contributed by atoms with van der Waals surface area (Å²) < 4.78 is 13.6. The minimum absolute atomic E-state index is 0.302. The first-order valence-electron chi connectivity index (χ1n) is 6.68. The van der Waals surface area contributed by atoms with E-state index in [0.29, 0.717) is 13.0 Å². The molecule has 21 heavy (non-hydrogen) atoms. The highest BCUT2D eigenvalue weighted by Gasteiger charge is 2.16. The van der Waals surface area contributed by atoms with Crippen LogP contribution in [0.1, 0.15) is 23.2 Å². The zero-order valence-corrected chi connectivity index (χ0v) is 11.4. The van der Waals surface area contributed by atoms with Gasteiger partial charge in [0.2, 0.25) is 0 Å². The van der Waals surface area contributed by atoms with E-state index in [9.17, 15) is 19.3 Å². The van der Waals surface area contributed by atoms with E-state index in [2.05, 4.69) is 16.7 Å². The topological polar surface area (TPSA) is 84.3 Å². The van der Waals surface area contributed by atoms with Crippen LogP contribution in [0.15, 0.2) is 29.8 Å². The Hall–Kier alpha value is -2.28. The molecule has 1 heterocycles. The van der Waals surface area contributed by atoms with Gasteiger partial charge in [-0.15, -0.1) is 0 Å². The van der Waals surface area contributed by atoms with E-state index < -0.39 is 16.6 Å². The van der Waals surface area contributed by atoms with Crippen LogP contribution in [0, 0.1) is 15.9 Å². The third-order valence-electron chi connectivity index (χ3n) is 3.30. The average molecular weight is 293 g/mol. The molecule has 2 rings (SSSR count). The molecule has 6 nitrogen and oxygen atoms in total. The zero-order valence-electron chi connectivity index (χ0n) is 11.4. The quantitative estimate of drug-likeness (QED) is 0.492. The Morgan fingerprint density at radius 3 is 2.95 bits per heavy atom. The van der Waals surface area contributed by atoms with E-state index in [1.807, 2.05) is 0 Å². The van der Waals surface area contributed by atoms with Crippen molar-refractivity contribution >= 4 is 11.6 Å². The molecule has 1 aliphatic heterocycles. The molecule has 0 saturated heterocycles. The van der Waals surface area contributed by atoms with Crippen molar-refractivity contribution in [2.45, 2.75) is 12.8 Å². The predicted octanol–water partition coefficient (Wildman–Crippen LogP) is 1.77. The van der Waals surface area contributed by atoms with E-state index in [1.54, 1.807) is 0 Å². The van der Waals surface area contributed by atoms with E-state index in [-0.39, 0.29) is 11.3 Å². The Morgan fingerprint density at radius 1 is 1.48 bits per heavy atom. The number of hydrogen-bond acceptors (Lipinski definition) is 4. The minimum Gasteiger partial charge on any atom is -0.352 e. The molecule has 1 aliphatic rings. The standard InChI is InChI=1S/C14H16FN3O3/c15-13-2-1-11(18(20)21)9-12(13)14(19)17-8-5-10-3-6-16-7-4-10/h1-3,9,16H,4-8H2,(H,17,19). The van der Waals surface area contributed by atoms with E-state index in [4.69, 9.17) is 0 Å². The summed E-state index contributed by atoms with van der Waals surface area (Å²) in [5.41, 5.74) is 0.639. The van der Waals surface area contributed by atoms with E-state index in [1.165, 1.54) is 5.57 Å². The summed E-state index contributed by atoms with van der Waals surface area (Å²) in [6.45, 7) is 2.12. The van der Waals surface area contributed by atoms with Crippen LogP contribution in [0.5, 0.6) is 0 Å². The maximum Gasteiger partial charge on any atom is 0.270 e. The Bertz CT molecular complexity index is 587. The van der Waals surface area contributed by atoms with Gasteiger partial charge in [0.15, 0.2) is 0 Å². The molecular formula is C14H16FN3O3. The van der Waals surface area contributed by atoms with Gasteiger partial charge in [0.25, 0.3) is 11.6 Å². The van der Waals surface area contributed by atoms with Crippen molar-refractivity contribution < 1.29 is 14.1 Å². The normalized spacial score (nSPS) is 14.4. The second kappa shape index (κ2) is 6.94. The molecule has 1 aromatic carbocycles. The number of carbonyl (C=O) groups excluding carboxylic acids is 1. The number of carbonyl (C=O) groups is 1. The summed E-state index contributed by atoms with van der Waals surface area (Å²) in [7, 11) is 0. The molecule has 0 fully saturated rings. The van der Waals surface area contributed by atoms with Crippen molar-refractivity contribution in [3.63, 3.8) is 0 Å². The Labute approximate surface area is 121 Å². The number of amides is 1. The lowest BCUT2D eigenvalue weighted by Crippen LogP contribution is -2.27. The summed E-state index contributed by atoms with van der Waals surface area (Å²) in [6, 6.07) is 2.92. The molecule has 0 saturated carbocycles. The second-order valence-electron chi connectivity index (χ2n) is 4.74. The van der Waals surface area contributed by atoms with Crippen molar-refractivity contribution in [3.8, 4) is 0 Å². The fourth-order valence-electron chi connectivity index (χ4n) is 2.13. The first kappa shape index (κ1) is 15.1. The van der Waals surface area contributed by atoms with Crippen molar-refractivity contribution in [3.05, 3.63) is 51.3 Å². The van der Waals surface area contributed by atoms with Crippen LogP contribution >= 0.6 is 0 Å². The first-order valence-corrected chi connectivity index (χ1v) is 6.68. The molecule has 0 spiro atoms. The van der Waals surface area contributed by atoms with Crippen LogP contribution in [0.4, 0.5) is 10.1 Å². The number of hydrogen-bond donors (Lipinski definition) is 2. The Morgan fingerprint density at radius 2 is 2.29 bits per heavy atom. The lowest BCUT2D eigenvalue weighted by atomic mass is 10.1. The predicted molar refractivity (Wildman–Crippen MR) is 75.6 cm³/mol. The highest BCUT2D eigenvalue weighted by molar-refractivity contribution is 5.95. The van der Waals surface area contributed by atoms with Crippen LogP contribution in [0.3, 0.4) is 0 Å². The Kier molecular flexibility index (Phi) is 4.99. The fourth-order valence-corrected chi connectivity index (χ4v) is 2.13. The Balaban J connectivity index is 1.95. The molecule has 1 aromatic rings. The molecule has 0 unspecified atom stereocenters. The maximum absolute atomic E-state index is 13.6. The van der Waals surface area contributed by atoms with Gasteiger partial charge in [0.1, 0.15) is 5.82 Å². The number of halogens is 1. The number of nitro groups is 1. The van der Waals surface area contributed by atoms with Crippen molar-refractivity contribution in [1.82, 2.24) is 10.6 Å². The van der Waals surface area contributed by atoms with Gasteiger partial charge in [-0.25, -0.2) is 4.39 Å². The molecule has 112 valence electrons.